The standard InChI is InChI=1S/C15H26N2O2S2/c1-3-12-4-6-13(7-5-12)10-17-21(18,19)15-8-11(2)14(9-16)20-15/h8,12-13,17H,3-7,9-10,16H2,1-2H3. The zero-order valence-electron chi connectivity index (χ0n) is 12.9. The van der Waals surface area contributed by atoms with Gasteiger partial charge in [-0.05, 0) is 43.2 Å². The molecule has 21 heavy (non-hydrogen) atoms. The summed E-state index contributed by atoms with van der Waals surface area (Å²) in [5, 5.41) is 0. The zero-order valence-corrected chi connectivity index (χ0v) is 14.5. The minimum Gasteiger partial charge on any atom is -0.326 e. The summed E-state index contributed by atoms with van der Waals surface area (Å²) in [6.45, 7) is 5.10. The van der Waals surface area contributed by atoms with Crippen molar-refractivity contribution in [3.63, 3.8) is 0 Å². The molecule has 1 aliphatic rings. The summed E-state index contributed by atoms with van der Waals surface area (Å²) >= 11 is 1.28. The fourth-order valence-electron chi connectivity index (χ4n) is 2.97. The van der Waals surface area contributed by atoms with E-state index >= 15 is 0 Å². The molecule has 0 bridgehead atoms. The van der Waals surface area contributed by atoms with Crippen LogP contribution in [0.2, 0.25) is 0 Å². The van der Waals surface area contributed by atoms with Crippen molar-refractivity contribution < 1.29 is 8.42 Å². The summed E-state index contributed by atoms with van der Waals surface area (Å²) < 4.78 is 27.8. The molecule has 120 valence electrons. The van der Waals surface area contributed by atoms with Crippen LogP contribution in [0.3, 0.4) is 0 Å². The molecule has 1 aromatic heterocycles. The molecule has 1 heterocycles. The van der Waals surface area contributed by atoms with Crippen molar-refractivity contribution in [2.75, 3.05) is 6.54 Å². The van der Waals surface area contributed by atoms with E-state index in [2.05, 4.69) is 11.6 Å². The summed E-state index contributed by atoms with van der Waals surface area (Å²) in [7, 11) is -3.38. The Kier molecular flexibility index (Phi) is 5.82. The lowest BCUT2D eigenvalue weighted by Crippen LogP contribution is -2.31. The van der Waals surface area contributed by atoms with Crippen LogP contribution in [0.25, 0.3) is 0 Å². The van der Waals surface area contributed by atoms with E-state index in [1.54, 1.807) is 6.07 Å². The molecule has 1 aromatic rings. The number of hydrogen-bond donors (Lipinski definition) is 2. The van der Waals surface area contributed by atoms with Gasteiger partial charge in [0.1, 0.15) is 4.21 Å². The molecule has 1 saturated carbocycles. The predicted molar refractivity (Wildman–Crippen MR) is 87.9 cm³/mol. The number of nitrogens with one attached hydrogen (secondary N) is 1. The second kappa shape index (κ2) is 7.22. The third-order valence-electron chi connectivity index (χ3n) is 4.55. The van der Waals surface area contributed by atoms with Crippen molar-refractivity contribution in [3.8, 4) is 0 Å². The summed E-state index contributed by atoms with van der Waals surface area (Å²) in [4.78, 5) is 0.943. The van der Waals surface area contributed by atoms with Gasteiger partial charge in [-0.3, -0.25) is 0 Å². The molecule has 0 radical (unpaired) electrons. The molecular formula is C15H26N2O2S2. The fourth-order valence-corrected chi connectivity index (χ4v) is 5.59. The Morgan fingerprint density at radius 1 is 1.29 bits per heavy atom. The molecule has 0 unspecified atom stereocenters. The summed E-state index contributed by atoms with van der Waals surface area (Å²) in [5.74, 6) is 1.32. The molecule has 0 saturated heterocycles. The third-order valence-corrected chi connectivity index (χ3v) is 7.71. The smallest absolute Gasteiger partial charge is 0.250 e. The zero-order chi connectivity index (χ0) is 15.5. The monoisotopic (exact) mass is 330 g/mol. The maximum atomic E-state index is 12.3. The number of thiophene rings is 1. The van der Waals surface area contributed by atoms with Gasteiger partial charge in [-0.25, -0.2) is 13.1 Å². The molecular weight excluding hydrogens is 304 g/mol. The Hall–Kier alpha value is -0.430. The fraction of sp³-hybridized carbons (Fsp3) is 0.733. The van der Waals surface area contributed by atoms with Gasteiger partial charge in [0.05, 0.1) is 0 Å². The molecule has 0 aliphatic heterocycles. The van der Waals surface area contributed by atoms with Crippen LogP contribution in [0.4, 0.5) is 0 Å². The van der Waals surface area contributed by atoms with Crippen molar-refractivity contribution in [3.05, 3.63) is 16.5 Å². The number of nitrogens with two attached hydrogens (primary N) is 1. The number of aryl methyl sites for hydroxylation is 1. The van der Waals surface area contributed by atoms with E-state index < -0.39 is 10.0 Å². The van der Waals surface area contributed by atoms with E-state index in [0.29, 0.717) is 23.2 Å². The minimum absolute atomic E-state index is 0.391. The quantitative estimate of drug-likeness (QED) is 0.842. The van der Waals surface area contributed by atoms with Crippen LogP contribution in [0.15, 0.2) is 10.3 Å². The van der Waals surface area contributed by atoms with Crippen molar-refractivity contribution in [2.45, 2.75) is 56.7 Å². The first kappa shape index (κ1) is 16.9. The second-order valence-electron chi connectivity index (χ2n) is 6.02. The largest absolute Gasteiger partial charge is 0.326 e. The van der Waals surface area contributed by atoms with Gasteiger partial charge in [-0.1, -0.05) is 26.2 Å². The molecule has 0 aromatic carbocycles. The van der Waals surface area contributed by atoms with Gasteiger partial charge in [0, 0.05) is 18.0 Å². The number of hydrogen-bond acceptors (Lipinski definition) is 4. The van der Waals surface area contributed by atoms with Crippen LogP contribution in [0.1, 0.15) is 49.5 Å². The van der Waals surface area contributed by atoms with Crippen LogP contribution in [0.5, 0.6) is 0 Å². The molecule has 0 atom stereocenters. The first-order valence-electron chi connectivity index (χ1n) is 7.75. The topological polar surface area (TPSA) is 72.2 Å². The number of sulfonamides is 1. The highest BCUT2D eigenvalue weighted by atomic mass is 32.2. The lowest BCUT2D eigenvalue weighted by molar-refractivity contribution is 0.270. The Balaban J connectivity index is 1.92. The predicted octanol–water partition coefficient (Wildman–Crippen LogP) is 3.01. The molecule has 3 N–H and O–H groups in total. The van der Waals surface area contributed by atoms with Crippen LogP contribution in [-0.2, 0) is 16.6 Å². The van der Waals surface area contributed by atoms with Gasteiger partial charge in [-0.15, -0.1) is 11.3 Å². The maximum Gasteiger partial charge on any atom is 0.250 e. The molecule has 4 nitrogen and oxygen atoms in total. The summed E-state index contributed by atoms with van der Waals surface area (Å²) in [6, 6.07) is 1.73. The Morgan fingerprint density at radius 2 is 1.90 bits per heavy atom. The van der Waals surface area contributed by atoms with Crippen LogP contribution in [-0.4, -0.2) is 15.0 Å². The molecule has 6 heteroatoms. The highest BCUT2D eigenvalue weighted by Gasteiger charge is 2.23. The SMILES string of the molecule is CCC1CCC(CNS(=O)(=O)c2cc(C)c(CN)s2)CC1. The van der Waals surface area contributed by atoms with Gasteiger partial charge in [-0.2, -0.15) is 0 Å². The Labute approximate surface area is 132 Å². The first-order valence-corrected chi connectivity index (χ1v) is 10.0. The Morgan fingerprint density at radius 3 is 2.43 bits per heavy atom. The van der Waals surface area contributed by atoms with Crippen LogP contribution < -0.4 is 10.5 Å². The Bertz CT molecular complexity index is 558. The molecule has 0 amide bonds. The first-order chi connectivity index (χ1) is 9.96. The van der Waals surface area contributed by atoms with E-state index in [9.17, 15) is 8.42 Å². The lowest BCUT2D eigenvalue weighted by atomic mass is 9.81. The van der Waals surface area contributed by atoms with Crippen molar-refractivity contribution in [1.29, 1.82) is 0 Å². The lowest BCUT2D eigenvalue weighted by Gasteiger charge is -2.27. The number of rotatable bonds is 6. The minimum atomic E-state index is -3.38. The average Bonchev–Trinajstić information content (AvgIpc) is 2.88. The average molecular weight is 331 g/mol. The van der Waals surface area contributed by atoms with Gasteiger partial charge >= 0.3 is 0 Å². The van der Waals surface area contributed by atoms with Gasteiger partial charge in [0.15, 0.2) is 0 Å². The van der Waals surface area contributed by atoms with Crippen molar-refractivity contribution in [1.82, 2.24) is 4.72 Å². The molecule has 0 spiro atoms. The molecule has 1 aliphatic carbocycles. The van der Waals surface area contributed by atoms with Gasteiger partial charge in [0.25, 0.3) is 0 Å². The normalized spacial score (nSPS) is 23.4. The van der Waals surface area contributed by atoms with Crippen LogP contribution in [0, 0.1) is 18.8 Å². The van der Waals surface area contributed by atoms with E-state index in [1.165, 1.54) is 30.6 Å². The van der Waals surface area contributed by atoms with Crippen molar-refractivity contribution in [2.24, 2.45) is 17.6 Å². The second-order valence-corrected chi connectivity index (χ2v) is 9.15. The van der Waals surface area contributed by atoms with Gasteiger partial charge in [0.2, 0.25) is 10.0 Å². The van der Waals surface area contributed by atoms with E-state index in [0.717, 1.165) is 29.2 Å². The van der Waals surface area contributed by atoms with E-state index in [1.807, 2.05) is 6.92 Å². The van der Waals surface area contributed by atoms with Gasteiger partial charge < -0.3 is 5.73 Å². The molecule has 1 fully saturated rings. The van der Waals surface area contributed by atoms with Crippen LogP contribution >= 0.6 is 11.3 Å². The van der Waals surface area contributed by atoms with E-state index in [4.69, 9.17) is 5.73 Å². The third kappa shape index (κ3) is 4.28. The van der Waals surface area contributed by atoms with Crippen molar-refractivity contribution >= 4 is 21.4 Å². The summed E-state index contributed by atoms with van der Waals surface area (Å²) in [6.07, 6.45) is 5.99. The highest BCUT2D eigenvalue weighted by Crippen LogP contribution is 2.31. The molecule has 2 rings (SSSR count). The van der Waals surface area contributed by atoms with E-state index in [-0.39, 0.29) is 0 Å². The maximum absolute atomic E-state index is 12.3. The summed E-state index contributed by atoms with van der Waals surface area (Å²) in [5.41, 5.74) is 6.58. The highest BCUT2D eigenvalue weighted by molar-refractivity contribution is 7.91.